The van der Waals surface area contributed by atoms with Gasteiger partial charge in [0, 0.05) is 4.90 Å². The predicted octanol–water partition coefficient (Wildman–Crippen LogP) is 2.88. The van der Waals surface area contributed by atoms with E-state index >= 15 is 0 Å². The Balaban J connectivity index is 2.02. The SMILES string of the molecule is CCOc1ccc(SC2(C(=O)OC)CC2)cc1. The average molecular weight is 252 g/mol. The molecule has 0 unspecified atom stereocenters. The van der Waals surface area contributed by atoms with Gasteiger partial charge in [-0.15, -0.1) is 11.8 Å². The Morgan fingerprint density at radius 3 is 2.47 bits per heavy atom. The second kappa shape index (κ2) is 5.00. The molecule has 1 saturated carbocycles. The molecular formula is C13H16O3S. The van der Waals surface area contributed by atoms with Crippen LogP contribution in [0, 0.1) is 0 Å². The molecule has 4 heteroatoms. The number of carbonyl (C=O) groups excluding carboxylic acids is 1. The smallest absolute Gasteiger partial charge is 0.322 e. The zero-order valence-corrected chi connectivity index (χ0v) is 10.9. The molecule has 0 atom stereocenters. The summed E-state index contributed by atoms with van der Waals surface area (Å²) in [5.41, 5.74) is 0. The maximum Gasteiger partial charge on any atom is 0.322 e. The zero-order chi connectivity index (χ0) is 12.3. The molecule has 0 saturated heterocycles. The van der Waals surface area contributed by atoms with E-state index in [-0.39, 0.29) is 10.7 Å². The molecule has 0 aromatic heterocycles. The summed E-state index contributed by atoms with van der Waals surface area (Å²) in [6, 6.07) is 7.83. The molecule has 0 amide bonds. The fraction of sp³-hybridized carbons (Fsp3) is 0.462. The molecule has 3 nitrogen and oxygen atoms in total. The Morgan fingerprint density at radius 1 is 1.35 bits per heavy atom. The van der Waals surface area contributed by atoms with Crippen LogP contribution in [-0.4, -0.2) is 24.4 Å². The molecule has 1 aromatic rings. The first kappa shape index (κ1) is 12.3. The first-order valence-corrected chi connectivity index (χ1v) is 6.52. The minimum absolute atomic E-state index is 0.114. The van der Waals surface area contributed by atoms with E-state index in [9.17, 15) is 4.79 Å². The lowest BCUT2D eigenvalue weighted by molar-refractivity contribution is -0.140. The Labute approximate surface area is 105 Å². The highest BCUT2D eigenvalue weighted by Gasteiger charge is 2.52. The van der Waals surface area contributed by atoms with Gasteiger partial charge < -0.3 is 9.47 Å². The van der Waals surface area contributed by atoms with Crippen molar-refractivity contribution >= 4 is 17.7 Å². The molecule has 17 heavy (non-hydrogen) atoms. The van der Waals surface area contributed by atoms with Gasteiger partial charge in [0.1, 0.15) is 10.5 Å². The van der Waals surface area contributed by atoms with E-state index in [4.69, 9.17) is 9.47 Å². The van der Waals surface area contributed by atoms with Gasteiger partial charge in [-0.1, -0.05) is 0 Å². The van der Waals surface area contributed by atoms with Crippen molar-refractivity contribution in [3.8, 4) is 5.75 Å². The number of thioether (sulfide) groups is 1. The lowest BCUT2D eigenvalue weighted by atomic mass is 10.3. The van der Waals surface area contributed by atoms with Gasteiger partial charge in [0.25, 0.3) is 0 Å². The third-order valence-corrected chi connectivity index (χ3v) is 4.18. The van der Waals surface area contributed by atoms with Crippen LogP contribution in [0.25, 0.3) is 0 Å². The third-order valence-electron chi connectivity index (χ3n) is 2.71. The summed E-state index contributed by atoms with van der Waals surface area (Å²) < 4.78 is 9.87. The number of carbonyl (C=O) groups is 1. The van der Waals surface area contributed by atoms with Crippen molar-refractivity contribution in [1.82, 2.24) is 0 Å². The minimum atomic E-state index is -0.331. The highest BCUT2D eigenvalue weighted by Crippen LogP contribution is 2.52. The molecule has 0 spiro atoms. The summed E-state index contributed by atoms with van der Waals surface area (Å²) in [5.74, 6) is 0.746. The van der Waals surface area contributed by atoms with Gasteiger partial charge in [0.15, 0.2) is 0 Å². The lowest BCUT2D eigenvalue weighted by Crippen LogP contribution is -2.19. The van der Waals surface area contributed by atoms with Gasteiger partial charge in [-0.25, -0.2) is 0 Å². The summed E-state index contributed by atoms with van der Waals surface area (Å²) in [6.07, 6.45) is 1.80. The van der Waals surface area contributed by atoms with E-state index in [1.54, 1.807) is 11.8 Å². The first-order valence-electron chi connectivity index (χ1n) is 5.70. The second-order valence-electron chi connectivity index (χ2n) is 3.99. The van der Waals surface area contributed by atoms with Crippen LogP contribution in [0.2, 0.25) is 0 Å². The van der Waals surface area contributed by atoms with Gasteiger partial charge in [0.05, 0.1) is 13.7 Å². The molecule has 2 rings (SSSR count). The van der Waals surface area contributed by atoms with Crippen LogP contribution in [0.5, 0.6) is 5.75 Å². The number of rotatable bonds is 5. The van der Waals surface area contributed by atoms with Crippen molar-refractivity contribution in [2.75, 3.05) is 13.7 Å². The van der Waals surface area contributed by atoms with Crippen molar-refractivity contribution < 1.29 is 14.3 Å². The summed E-state index contributed by atoms with van der Waals surface area (Å²) in [5, 5.41) is 0. The first-order chi connectivity index (χ1) is 8.20. The predicted molar refractivity (Wildman–Crippen MR) is 67.4 cm³/mol. The van der Waals surface area contributed by atoms with E-state index in [0.717, 1.165) is 23.5 Å². The zero-order valence-electron chi connectivity index (χ0n) is 10.1. The standard InChI is InChI=1S/C13H16O3S/c1-3-16-10-4-6-11(7-5-10)17-13(8-9-13)12(14)15-2/h4-7H,3,8-9H2,1-2H3. The summed E-state index contributed by atoms with van der Waals surface area (Å²) in [7, 11) is 1.45. The maximum atomic E-state index is 11.6. The van der Waals surface area contributed by atoms with Gasteiger partial charge in [-0.3, -0.25) is 4.79 Å². The lowest BCUT2D eigenvalue weighted by Gasteiger charge is -2.12. The van der Waals surface area contributed by atoms with Crippen LogP contribution in [-0.2, 0) is 9.53 Å². The van der Waals surface area contributed by atoms with Crippen LogP contribution in [0.3, 0.4) is 0 Å². The molecule has 0 heterocycles. The van der Waals surface area contributed by atoms with Crippen LogP contribution >= 0.6 is 11.8 Å². The fourth-order valence-electron chi connectivity index (χ4n) is 1.64. The number of hydrogen-bond donors (Lipinski definition) is 0. The van der Waals surface area contributed by atoms with Gasteiger partial charge in [-0.05, 0) is 44.0 Å². The van der Waals surface area contributed by atoms with Gasteiger partial charge >= 0.3 is 5.97 Å². The minimum Gasteiger partial charge on any atom is -0.494 e. The molecule has 0 bridgehead atoms. The molecule has 92 valence electrons. The Bertz CT molecular complexity index is 396. The molecule has 1 fully saturated rings. The normalized spacial score (nSPS) is 16.4. The molecule has 1 aliphatic carbocycles. The van der Waals surface area contributed by atoms with Crippen LogP contribution < -0.4 is 4.74 Å². The van der Waals surface area contributed by atoms with Crippen molar-refractivity contribution in [1.29, 1.82) is 0 Å². The highest BCUT2D eigenvalue weighted by molar-refractivity contribution is 8.01. The molecule has 1 aliphatic rings. The number of methoxy groups -OCH3 is 1. The van der Waals surface area contributed by atoms with E-state index in [0.29, 0.717) is 6.61 Å². The molecular weight excluding hydrogens is 236 g/mol. The monoisotopic (exact) mass is 252 g/mol. The van der Waals surface area contributed by atoms with Crippen LogP contribution in [0.15, 0.2) is 29.2 Å². The second-order valence-corrected chi connectivity index (χ2v) is 5.45. The number of benzene rings is 1. The van der Waals surface area contributed by atoms with E-state index in [1.165, 1.54) is 7.11 Å². The maximum absolute atomic E-state index is 11.6. The molecule has 0 radical (unpaired) electrons. The van der Waals surface area contributed by atoms with Gasteiger partial charge in [-0.2, -0.15) is 0 Å². The fourth-order valence-corrected chi connectivity index (χ4v) is 2.84. The average Bonchev–Trinajstić information content (AvgIpc) is 3.12. The Morgan fingerprint density at radius 2 is 2.00 bits per heavy atom. The summed E-state index contributed by atoms with van der Waals surface area (Å²) >= 11 is 1.59. The van der Waals surface area contributed by atoms with E-state index in [1.807, 2.05) is 31.2 Å². The quantitative estimate of drug-likeness (QED) is 0.755. The van der Waals surface area contributed by atoms with Crippen LogP contribution in [0.1, 0.15) is 19.8 Å². The van der Waals surface area contributed by atoms with Crippen molar-refractivity contribution in [2.45, 2.75) is 29.4 Å². The van der Waals surface area contributed by atoms with Crippen LogP contribution in [0.4, 0.5) is 0 Å². The molecule has 1 aromatic carbocycles. The summed E-state index contributed by atoms with van der Waals surface area (Å²) in [6.45, 7) is 2.62. The largest absolute Gasteiger partial charge is 0.494 e. The van der Waals surface area contributed by atoms with Crippen molar-refractivity contribution in [3.05, 3.63) is 24.3 Å². The number of hydrogen-bond acceptors (Lipinski definition) is 4. The van der Waals surface area contributed by atoms with Crippen molar-refractivity contribution in [2.24, 2.45) is 0 Å². The highest BCUT2D eigenvalue weighted by atomic mass is 32.2. The van der Waals surface area contributed by atoms with E-state index < -0.39 is 0 Å². The van der Waals surface area contributed by atoms with Crippen molar-refractivity contribution in [3.63, 3.8) is 0 Å². The summed E-state index contributed by atoms with van der Waals surface area (Å²) in [4.78, 5) is 12.7. The topological polar surface area (TPSA) is 35.5 Å². The number of esters is 1. The molecule has 0 N–H and O–H groups in total. The van der Waals surface area contributed by atoms with Gasteiger partial charge in [0.2, 0.25) is 0 Å². The van der Waals surface area contributed by atoms with E-state index in [2.05, 4.69) is 0 Å². The Hall–Kier alpha value is -1.16. The number of ether oxygens (including phenoxy) is 2. The third kappa shape index (κ3) is 2.75. The molecule has 0 aliphatic heterocycles. The Kier molecular flexibility index (Phi) is 3.62.